The van der Waals surface area contributed by atoms with Crippen molar-refractivity contribution in [2.24, 2.45) is 0 Å². The standard InChI is InChI=1S/C15H14ClN/c1-10-2-3-12(9-14(10)16)11-4-5-15-13(8-11)6-7-17-15/h2-5,8-9,17H,6-7H2,1H3. The molecule has 0 saturated carbocycles. The number of hydrogen-bond acceptors (Lipinski definition) is 1. The van der Waals surface area contributed by atoms with Gasteiger partial charge in [0.2, 0.25) is 0 Å². The molecular formula is C15H14ClN. The van der Waals surface area contributed by atoms with Gasteiger partial charge in [0, 0.05) is 17.3 Å². The first kappa shape index (κ1) is 10.7. The summed E-state index contributed by atoms with van der Waals surface area (Å²) in [6, 6.07) is 12.8. The van der Waals surface area contributed by atoms with Gasteiger partial charge < -0.3 is 5.32 Å². The number of hydrogen-bond donors (Lipinski definition) is 1. The van der Waals surface area contributed by atoms with E-state index in [1.165, 1.54) is 22.4 Å². The second-order valence-corrected chi connectivity index (χ2v) is 4.92. The smallest absolute Gasteiger partial charge is 0.0441 e. The Balaban J connectivity index is 2.06. The molecule has 17 heavy (non-hydrogen) atoms. The largest absolute Gasteiger partial charge is 0.384 e. The number of benzene rings is 2. The van der Waals surface area contributed by atoms with Crippen molar-refractivity contribution in [3.8, 4) is 11.1 Å². The Labute approximate surface area is 106 Å². The molecule has 1 N–H and O–H groups in total. The van der Waals surface area contributed by atoms with Gasteiger partial charge in [-0.2, -0.15) is 0 Å². The summed E-state index contributed by atoms with van der Waals surface area (Å²) in [5.41, 5.74) is 6.23. The maximum Gasteiger partial charge on any atom is 0.0441 e. The summed E-state index contributed by atoms with van der Waals surface area (Å²) in [7, 11) is 0. The van der Waals surface area contributed by atoms with Gasteiger partial charge in [-0.25, -0.2) is 0 Å². The lowest BCUT2D eigenvalue weighted by molar-refractivity contribution is 1.11. The zero-order valence-electron chi connectivity index (χ0n) is 9.76. The average Bonchev–Trinajstić information content (AvgIpc) is 2.79. The van der Waals surface area contributed by atoms with Crippen LogP contribution in [0.4, 0.5) is 5.69 Å². The summed E-state index contributed by atoms with van der Waals surface area (Å²) in [4.78, 5) is 0. The highest BCUT2D eigenvalue weighted by Gasteiger charge is 2.10. The van der Waals surface area contributed by atoms with Crippen LogP contribution in [0.25, 0.3) is 11.1 Å². The maximum absolute atomic E-state index is 6.17. The van der Waals surface area contributed by atoms with E-state index in [9.17, 15) is 0 Å². The highest BCUT2D eigenvalue weighted by atomic mass is 35.5. The molecule has 0 fully saturated rings. The molecule has 3 rings (SSSR count). The molecule has 2 aromatic carbocycles. The Kier molecular flexibility index (Phi) is 2.56. The van der Waals surface area contributed by atoms with Crippen LogP contribution in [0.1, 0.15) is 11.1 Å². The Hall–Kier alpha value is -1.47. The first-order valence-corrected chi connectivity index (χ1v) is 6.25. The predicted molar refractivity (Wildman–Crippen MR) is 73.8 cm³/mol. The zero-order chi connectivity index (χ0) is 11.8. The first-order valence-electron chi connectivity index (χ1n) is 5.87. The Morgan fingerprint density at radius 1 is 1.06 bits per heavy atom. The summed E-state index contributed by atoms with van der Waals surface area (Å²) in [6.07, 6.45) is 1.11. The van der Waals surface area contributed by atoms with E-state index >= 15 is 0 Å². The molecule has 1 aliphatic rings. The van der Waals surface area contributed by atoms with Crippen molar-refractivity contribution in [3.63, 3.8) is 0 Å². The maximum atomic E-state index is 6.17. The van der Waals surface area contributed by atoms with Gasteiger partial charge >= 0.3 is 0 Å². The van der Waals surface area contributed by atoms with Crippen molar-refractivity contribution in [2.45, 2.75) is 13.3 Å². The van der Waals surface area contributed by atoms with E-state index in [1.54, 1.807) is 0 Å². The molecule has 0 bridgehead atoms. The van der Waals surface area contributed by atoms with Gasteiger partial charge in [0.1, 0.15) is 0 Å². The van der Waals surface area contributed by atoms with Crippen molar-refractivity contribution >= 4 is 17.3 Å². The van der Waals surface area contributed by atoms with Gasteiger partial charge in [0.15, 0.2) is 0 Å². The third kappa shape index (κ3) is 1.91. The highest BCUT2D eigenvalue weighted by molar-refractivity contribution is 6.31. The van der Waals surface area contributed by atoms with Gasteiger partial charge in [-0.05, 0) is 53.8 Å². The van der Waals surface area contributed by atoms with Crippen LogP contribution in [-0.4, -0.2) is 6.54 Å². The molecule has 2 heteroatoms. The van der Waals surface area contributed by atoms with Crippen LogP contribution in [0.15, 0.2) is 36.4 Å². The van der Waals surface area contributed by atoms with E-state index in [4.69, 9.17) is 11.6 Å². The van der Waals surface area contributed by atoms with Crippen LogP contribution < -0.4 is 5.32 Å². The third-order valence-corrected chi connectivity index (χ3v) is 3.73. The van der Waals surface area contributed by atoms with Crippen LogP contribution in [0.3, 0.4) is 0 Å². The van der Waals surface area contributed by atoms with Crippen molar-refractivity contribution in [1.82, 2.24) is 0 Å². The second-order valence-electron chi connectivity index (χ2n) is 4.51. The number of rotatable bonds is 1. The second kappa shape index (κ2) is 4.08. The van der Waals surface area contributed by atoms with Crippen LogP contribution >= 0.6 is 11.6 Å². The molecule has 0 radical (unpaired) electrons. The number of anilines is 1. The van der Waals surface area contributed by atoms with Gasteiger partial charge in [0.05, 0.1) is 0 Å². The lowest BCUT2D eigenvalue weighted by atomic mass is 10.0. The molecule has 0 unspecified atom stereocenters. The normalized spacial score (nSPS) is 13.3. The zero-order valence-corrected chi connectivity index (χ0v) is 10.5. The summed E-state index contributed by atoms with van der Waals surface area (Å²) < 4.78 is 0. The fraction of sp³-hybridized carbons (Fsp3) is 0.200. The number of halogens is 1. The minimum absolute atomic E-state index is 0.834. The van der Waals surface area contributed by atoms with Crippen molar-refractivity contribution in [2.75, 3.05) is 11.9 Å². The van der Waals surface area contributed by atoms with Crippen molar-refractivity contribution in [1.29, 1.82) is 0 Å². The molecule has 0 aromatic heterocycles. The molecule has 0 aliphatic carbocycles. The van der Waals surface area contributed by atoms with Crippen molar-refractivity contribution < 1.29 is 0 Å². The van der Waals surface area contributed by atoms with E-state index in [2.05, 4.69) is 35.6 Å². The molecule has 0 spiro atoms. The summed E-state index contributed by atoms with van der Waals surface area (Å²) in [5.74, 6) is 0. The van der Waals surface area contributed by atoms with Crippen LogP contribution in [0.5, 0.6) is 0 Å². The fourth-order valence-corrected chi connectivity index (χ4v) is 2.44. The summed E-state index contributed by atoms with van der Waals surface area (Å²) in [6.45, 7) is 3.08. The number of nitrogens with one attached hydrogen (secondary N) is 1. The number of aryl methyl sites for hydroxylation is 1. The number of fused-ring (bicyclic) bond motifs is 1. The SMILES string of the molecule is Cc1ccc(-c2ccc3c(c2)CCN3)cc1Cl. The predicted octanol–water partition coefficient (Wildman–Crippen LogP) is 4.28. The van der Waals surface area contributed by atoms with Gasteiger partial charge in [-0.3, -0.25) is 0 Å². The molecular weight excluding hydrogens is 230 g/mol. The lowest BCUT2D eigenvalue weighted by Gasteiger charge is -2.07. The summed E-state index contributed by atoms with van der Waals surface area (Å²) >= 11 is 6.17. The van der Waals surface area contributed by atoms with E-state index < -0.39 is 0 Å². The molecule has 1 aliphatic heterocycles. The first-order chi connectivity index (χ1) is 8.24. The van der Waals surface area contributed by atoms with Crippen LogP contribution in [-0.2, 0) is 6.42 Å². The Bertz CT molecular complexity index is 575. The quantitative estimate of drug-likeness (QED) is 0.788. The topological polar surface area (TPSA) is 12.0 Å². The van der Waals surface area contributed by atoms with Crippen LogP contribution in [0, 0.1) is 6.92 Å². The lowest BCUT2D eigenvalue weighted by Crippen LogP contribution is -1.90. The third-order valence-electron chi connectivity index (χ3n) is 3.32. The van der Waals surface area contributed by atoms with Gasteiger partial charge in [-0.1, -0.05) is 29.8 Å². The fourth-order valence-electron chi connectivity index (χ4n) is 2.26. The van der Waals surface area contributed by atoms with E-state index in [0.717, 1.165) is 23.6 Å². The molecule has 0 saturated heterocycles. The highest BCUT2D eigenvalue weighted by Crippen LogP contribution is 2.30. The summed E-state index contributed by atoms with van der Waals surface area (Å²) in [5, 5.41) is 4.21. The average molecular weight is 244 g/mol. The molecule has 1 heterocycles. The van der Waals surface area contributed by atoms with E-state index in [0.29, 0.717) is 0 Å². The molecule has 0 atom stereocenters. The monoisotopic (exact) mass is 243 g/mol. The Morgan fingerprint density at radius 2 is 1.82 bits per heavy atom. The molecule has 1 nitrogen and oxygen atoms in total. The minimum Gasteiger partial charge on any atom is -0.384 e. The molecule has 2 aromatic rings. The molecule has 0 amide bonds. The van der Waals surface area contributed by atoms with Crippen molar-refractivity contribution in [3.05, 3.63) is 52.5 Å². The van der Waals surface area contributed by atoms with E-state index in [1.807, 2.05) is 13.0 Å². The molecule has 86 valence electrons. The minimum atomic E-state index is 0.834. The van der Waals surface area contributed by atoms with Crippen LogP contribution in [0.2, 0.25) is 5.02 Å². The van der Waals surface area contributed by atoms with Gasteiger partial charge in [-0.15, -0.1) is 0 Å². The Morgan fingerprint density at radius 3 is 2.65 bits per heavy atom. The van der Waals surface area contributed by atoms with E-state index in [-0.39, 0.29) is 0 Å². The van der Waals surface area contributed by atoms with Gasteiger partial charge in [0.25, 0.3) is 0 Å².